The molecule has 31 heavy (non-hydrogen) atoms. The van der Waals surface area contributed by atoms with E-state index in [9.17, 15) is 4.39 Å². The van der Waals surface area contributed by atoms with Crippen molar-refractivity contribution in [3.8, 4) is 5.69 Å². The van der Waals surface area contributed by atoms with Gasteiger partial charge < -0.3 is 9.30 Å². The Morgan fingerprint density at radius 1 is 1.06 bits per heavy atom. The molecule has 1 aliphatic rings. The Morgan fingerprint density at radius 2 is 1.87 bits per heavy atom. The summed E-state index contributed by atoms with van der Waals surface area (Å²) in [6.07, 6.45) is 3.74. The Morgan fingerprint density at radius 3 is 2.61 bits per heavy atom. The monoisotopic (exact) mass is 422 g/mol. The van der Waals surface area contributed by atoms with Crippen molar-refractivity contribution in [2.75, 3.05) is 39.4 Å². The van der Waals surface area contributed by atoms with E-state index in [0.29, 0.717) is 5.69 Å². The lowest BCUT2D eigenvalue weighted by atomic mass is 10.2. The lowest BCUT2D eigenvalue weighted by molar-refractivity contribution is 0.0325. The second kappa shape index (κ2) is 10.2. The Kier molecular flexibility index (Phi) is 7.12. The minimum atomic E-state index is -0.199. The van der Waals surface area contributed by atoms with E-state index in [4.69, 9.17) is 4.74 Å². The number of aromatic nitrogens is 2. The third-order valence-electron chi connectivity index (χ3n) is 5.99. The minimum absolute atomic E-state index is 0.199. The normalized spacial score (nSPS) is 15.0. The smallest absolute Gasteiger partial charge is 0.147 e. The first-order chi connectivity index (χ1) is 15.1. The number of morpholine rings is 1. The third kappa shape index (κ3) is 5.39. The highest BCUT2D eigenvalue weighted by Gasteiger charge is 2.18. The van der Waals surface area contributed by atoms with Crippen LogP contribution in [-0.4, -0.2) is 58.7 Å². The molecule has 3 aromatic rings. The molecule has 1 saturated heterocycles. The number of hydrogen-bond acceptors (Lipinski definition) is 4. The predicted molar refractivity (Wildman–Crippen MR) is 121 cm³/mol. The van der Waals surface area contributed by atoms with Crippen molar-refractivity contribution < 1.29 is 9.13 Å². The molecule has 3 heterocycles. The molecular weight excluding hydrogens is 391 g/mol. The van der Waals surface area contributed by atoms with Crippen LogP contribution in [0.1, 0.15) is 22.5 Å². The zero-order valence-electron chi connectivity index (χ0n) is 18.4. The molecule has 2 aromatic heterocycles. The number of hydrogen-bond donors (Lipinski definition) is 0. The van der Waals surface area contributed by atoms with Crippen LogP contribution in [0.5, 0.6) is 0 Å². The summed E-state index contributed by atoms with van der Waals surface area (Å²) in [5.41, 5.74) is 5.17. The van der Waals surface area contributed by atoms with Crippen LogP contribution in [0.15, 0.2) is 54.9 Å². The van der Waals surface area contributed by atoms with Gasteiger partial charge in [-0.1, -0.05) is 18.2 Å². The summed E-state index contributed by atoms with van der Waals surface area (Å²) < 4.78 is 22.0. The van der Waals surface area contributed by atoms with Gasteiger partial charge in [-0.25, -0.2) is 4.39 Å². The molecule has 4 rings (SSSR count). The molecule has 0 N–H and O–H groups in total. The second-order valence-electron chi connectivity index (χ2n) is 8.21. The van der Waals surface area contributed by atoms with Crippen molar-refractivity contribution in [2.45, 2.75) is 26.9 Å². The van der Waals surface area contributed by atoms with Crippen LogP contribution in [0.2, 0.25) is 0 Å². The van der Waals surface area contributed by atoms with Crippen LogP contribution < -0.4 is 0 Å². The maximum atomic E-state index is 14.5. The molecule has 0 amide bonds. The fraction of sp³-hybridized carbons (Fsp3) is 0.400. The molecule has 6 heteroatoms. The Labute approximate surface area is 184 Å². The van der Waals surface area contributed by atoms with Crippen LogP contribution in [0.25, 0.3) is 5.69 Å². The highest BCUT2D eigenvalue weighted by atomic mass is 19.1. The molecule has 164 valence electrons. The highest BCUT2D eigenvalue weighted by molar-refractivity contribution is 5.42. The Balaban J connectivity index is 1.54. The molecule has 1 aromatic carbocycles. The first-order valence-electron chi connectivity index (χ1n) is 11.0. The lowest BCUT2D eigenvalue weighted by Gasteiger charge is -2.30. The molecular formula is C25H31FN4O. The van der Waals surface area contributed by atoms with Crippen LogP contribution >= 0.6 is 0 Å². The number of halogens is 1. The van der Waals surface area contributed by atoms with Crippen LogP contribution in [0.4, 0.5) is 4.39 Å². The zero-order chi connectivity index (χ0) is 21.6. The summed E-state index contributed by atoms with van der Waals surface area (Å²) in [5, 5.41) is 0. The van der Waals surface area contributed by atoms with Gasteiger partial charge in [0.25, 0.3) is 0 Å². The molecule has 1 aliphatic heterocycles. The van der Waals surface area contributed by atoms with Crippen molar-refractivity contribution >= 4 is 0 Å². The Hall–Kier alpha value is -2.54. The van der Waals surface area contributed by atoms with E-state index in [1.807, 2.05) is 42.1 Å². The van der Waals surface area contributed by atoms with Crippen molar-refractivity contribution in [1.82, 2.24) is 19.4 Å². The van der Waals surface area contributed by atoms with Gasteiger partial charge in [-0.3, -0.25) is 14.8 Å². The van der Waals surface area contributed by atoms with Gasteiger partial charge in [0.15, 0.2) is 0 Å². The maximum absolute atomic E-state index is 14.5. The highest BCUT2D eigenvalue weighted by Crippen LogP contribution is 2.24. The molecule has 0 spiro atoms. The van der Waals surface area contributed by atoms with E-state index >= 15 is 0 Å². The first-order valence-corrected chi connectivity index (χ1v) is 11.0. The molecule has 1 fully saturated rings. The van der Waals surface area contributed by atoms with E-state index in [-0.39, 0.29) is 5.82 Å². The van der Waals surface area contributed by atoms with E-state index < -0.39 is 0 Å². The van der Waals surface area contributed by atoms with Crippen molar-refractivity contribution in [1.29, 1.82) is 0 Å². The quantitative estimate of drug-likeness (QED) is 0.550. The van der Waals surface area contributed by atoms with E-state index in [1.54, 1.807) is 6.07 Å². The molecule has 0 radical (unpaired) electrons. The average Bonchev–Trinajstić information content (AvgIpc) is 3.06. The van der Waals surface area contributed by atoms with E-state index in [0.717, 1.165) is 63.9 Å². The number of pyridine rings is 1. The number of rotatable bonds is 8. The number of para-hydroxylation sites is 1. The van der Waals surface area contributed by atoms with Gasteiger partial charge in [0.1, 0.15) is 5.82 Å². The minimum Gasteiger partial charge on any atom is -0.379 e. The van der Waals surface area contributed by atoms with Crippen LogP contribution in [-0.2, 0) is 17.8 Å². The predicted octanol–water partition coefficient (Wildman–Crippen LogP) is 3.96. The fourth-order valence-electron chi connectivity index (χ4n) is 4.31. The first kappa shape index (κ1) is 21.7. The van der Waals surface area contributed by atoms with Gasteiger partial charge in [0.05, 0.1) is 18.9 Å². The third-order valence-corrected chi connectivity index (χ3v) is 5.99. The number of nitrogens with zero attached hydrogens (tertiary/aromatic N) is 4. The van der Waals surface area contributed by atoms with E-state index in [1.165, 1.54) is 17.2 Å². The summed E-state index contributed by atoms with van der Waals surface area (Å²) in [4.78, 5) is 9.20. The van der Waals surface area contributed by atoms with Gasteiger partial charge in [-0.05, 0) is 49.2 Å². The number of benzene rings is 1. The van der Waals surface area contributed by atoms with Crippen LogP contribution in [0.3, 0.4) is 0 Å². The lowest BCUT2D eigenvalue weighted by Crippen LogP contribution is -2.41. The zero-order valence-corrected chi connectivity index (χ0v) is 18.4. The van der Waals surface area contributed by atoms with E-state index in [2.05, 4.69) is 33.8 Å². The van der Waals surface area contributed by atoms with Gasteiger partial charge in [-0.15, -0.1) is 0 Å². The summed E-state index contributed by atoms with van der Waals surface area (Å²) in [6.45, 7) is 11.3. The average molecular weight is 423 g/mol. The SMILES string of the molecule is Cc1cc(CN(CCN2CCOCC2)Cc2cccnc2)c(C)n1-c1ccccc1F. The van der Waals surface area contributed by atoms with Crippen molar-refractivity contribution in [3.05, 3.63) is 83.2 Å². The second-order valence-corrected chi connectivity index (χ2v) is 8.21. The molecule has 0 aliphatic carbocycles. The largest absolute Gasteiger partial charge is 0.379 e. The molecule has 0 unspecified atom stereocenters. The van der Waals surface area contributed by atoms with Gasteiger partial charge in [-0.2, -0.15) is 0 Å². The summed E-state index contributed by atoms with van der Waals surface area (Å²) >= 11 is 0. The number of aryl methyl sites for hydroxylation is 1. The van der Waals surface area contributed by atoms with Crippen molar-refractivity contribution in [2.24, 2.45) is 0 Å². The standard InChI is InChI=1S/C25H31FN4O/c1-20-16-23(21(2)30(20)25-8-4-3-7-24(25)26)19-29(18-22-6-5-9-27-17-22)11-10-28-12-14-31-15-13-28/h3-9,16-17H,10-15,18-19H2,1-2H3. The van der Waals surface area contributed by atoms with Gasteiger partial charge in [0.2, 0.25) is 0 Å². The Bertz CT molecular complexity index is 982. The van der Waals surface area contributed by atoms with Crippen molar-refractivity contribution in [3.63, 3.8) is 0 Å². The number of ether oxygens (including phenoxy) is 1. The maximum Gasteiger partial charge on any atom is 0.147 e. The fourth-order valence-corrected chi connectivity index (χ4v) is 4.31. The summed E-state index contributed by atoms with van der Waals surface area (Å²) in [6, 6.07) is 13.3. The summed E-state index contributed by atoms with van der Waals surface area (Å²) in [7, 11) is 0. The molecule has 0 atom stereocenters. The molecule has 0 bridgehead atoms. The molecule has 0 saturated carbocycles. The van der Waals surface area contributed by atoms with Gasteiger partial charge >= 0.3 is 0 Å². The van der Waals surface area contributed by atoms with Gasteiger partial charge in [0, 0.05) is 63.1 Å². The van der Waals surface area contributed by atoms with Crippen LogP contribution in [0, 0.1) is 19.7 Å². The molecule has 5 nitrogen and oxygen atoms in total. The summed E-state index contributed by atoms with van der Waals surface area (Å²) in [5.74, 6) is -0.199. The topological polar surface area (TPSA) is 33.5 Å².